The van der Waals surface area contributed by atoms with Crippen LogP contribution in [0.3, 0.4) is 0 Å². The molecule has 0 aliphatic carbocycles. The predicted molar refractivity (Wildman–Crippen MR) is 129 cm³/mol. The lowest BCUT2D eigenvalue weighted by molar-refractivity contribution is -0.132. The number of nitrogens with two attached hydrogens (primary N) is 1. The van der Waals surface area contributed by atoms with Crippen molar-refractivity contribution in [3.05, 3.63) is 58.1 Å². The van der Waals surface area contributed by atoms with Gasteiger partial charge in [0.25, 0.3) is 0 Å². The van der Waals surface area contributed by atoms with Gasteiger partial charge < -0.3 is 10.5 Å². The average Bonchev–Trinajstić information content (AvgIpc) is 2.75. The third-order valence-electron chi connectivity index (χ3n) is 6.43. The molecule has 0 saturated carbocycles. The smallest absolute Gasteiger partial charge is 0.232 e. The Kier molecular flexibility index (Phi) is 6.47. The van der Waals surface area contributed by atoms with Gasteiger partial charge in [-0.15, -0.1) is 0 Å². The second kappa shape index (κ2) is 9.03. The van der Waals surface area contributed by atoms with Gasteiger partial charge in [0.1, 0.15) is 0 Å². The van der Waals surface area contributed by atoms with Crippen LogP contribution in [0.15, 0.2) is 35.6 Å². The van der Waals surface area contributed by atoms with E-state index in [0.717, 1.165) is 35.4 Å². The molecular weight excluding hydrogens is 438 g/mol. The molecule has 2 aliphatic heterocycles. The second-order valence-corrected chi connectivity index (χ2v) is 10.5. The summed E-state index contributed by atoms with van der Waals surface area (Å²) in [6, 6.07) is 5.88. The highest BCUT2D eigenvalue weighted by molar-refractivity contribution is 6.32. The Morgan fingerprint density at radius 3 is 2.55 bits per heavy atom. The minimum Gasteiger partial charge on any atom is -0.381 e. The fourth-order valence-corrected chi connectivity index (χ4v) is 4.90. The molecule has 0 spiro atoms. The molecule has 8 heteroatoms. The number of rotatable bonds is 4. The number of carbonyl (C=O) groups is 1. The van der Waals surface area contributed by atoms with Gasteiger partial charge >= 0.3 is 0 Å². The number of aromatic nitrogens is 2. The highest BCUT2D eigenvalue weighted by atomic mass is 35.5. The second-order valence-electron chi connectivity index (χ2n) is 10.1. The molecule has 0 unspecified atom stereocenters. The van der Waals surface area contributed by atoms with Gasteiger partial charge in [-0.05, 0) is 30.9 Å². The van der Waals surface area contributed by atoms with Gasteiger partial charge in [-0.1, -0.05) is 50.6 Å². The molecule has 33 heavy (non-hydrogen) atoms. The molecule has 1 atom stereocenters. The molecule has 2 aliphatic rings. The maximum atomic E-state index is 13.2. The maximum Gasteiger partial charge on any atom is 0.232 e. The summed E-state index contributed by atoms with van der Waals surface area (Å²) in [5.41, 5.74) is 8.94. The molecule has 1 amide bonds. The van der Waals surface area contributed by atoms with E-state index in [2.05, 4.69) is 30.7 Å². The summed E-state index contributed by atoms with van der Waals surface area (Å²) in [7, 11) is 0. The minimum absolute atomic E-state index is 0.0259. The van der Waals surface area contributed by atoms with E-state index < -0.39 is 5.54 Å². The lowest BCUT2D eigenvalue weighted by atomic mass is 9.85. The van der Waals surface area contributed by atoms with Crippen LogP contribution < -0.4 is 5.73 Å². The summed E-state index contributed by atoms with van der Waals surface area (Å²) >= 11 is 6.87. The molecule has 2 aromatic rings. The fraction of sp³-hybridized carbons (Fsp3) is 0.520. The molecule has 1 aromatic carbocycles. The molecule has 4 rings (SSSR count). The first-order valence-electron chi connectivity index (χ1n) is 11.4. The van der Waals surface area contributed by atoms with Crippen molar-refractivity contribution in [2.45, 2.75) is 70.4 Å². The van der Waals surface area contributed by atoms with Gasteiger partial charge in [0.2, 0.25) is 5.91 Å². The molecule has 176 valence electrons. The number of amides is 1. The third-order valence-corrected chi connectivity index (χ3v) is 6.88. The van der Waals surface area contributed by atoms with Crippen LogP contribution in [-0.4, -0.2) is 46.0 Å². The summed E-state index contributed by atoms with van der Waals surface area (Å²) in [4.78, 5) is 28.7. The van der Waals surface area contributed by atoms with Gasteiger partial charge in [-0.25, -0.2) is 4.99 Å². The monoisotopic (exact) mass is 469 g/mol. The number of halogens is 1. The number of hydrogen-bond donors (Lipinski definition) is 1. The van der Waals surface area contributed by atoms with Crippen molar-refractivity contribution in [3.63, 3.8) is 0 Å². The van der Waals surface area contributed by atoms with Crippen LogP contribution in [0.5, 0.6) is 0 Å². The number of aliphatic imine (C=N–C) groups is 1. The Hall–Kier alpha value is -2.51. The van der Waals surface area contributed by atoms with Crippen molar-refractivity contribution in [1.29, 1.82) is 0 Å². The van der Waals surface area contributed by atoms with Crippen LogP contribution in [0.4, 0.5) is 0 Å². The fourth-order valence-electron chi connectivity index (χ4n) is 4.50. The van der Waals surface area contributed by atoms with Gasteiger partial charge in [0.05, 0.1) is 23.3 Å². The van der Waals surface area contributed by atoms with Gasteiger partial charge in [0, 0.05) is 48.5 Å². The predicted octanol–water partition coefficient (Wildman–Crippen LogP) is 3.96. The first-order valence-corrected chi connectivity index (χ1v) is 11.8. The summed E-state index contributed by atoms with van der Waals surface area (Å²) in [5.74, 6) is 0.229. The summed E-state index contributed by atoms with van der Waals surface area (Å²) < 4.78 is 5.43. The molecule has 3 heterocycles. The number of hydrogen-bond acceptors (Lipinski definition) is 6. The number of nitrogens with zero attached hydrogens (tertiary/aromatic N) is 4. The summed E-state index contributed by atoms with van der Waals surface area (Å²) in [6.45, 7) is 9.51. The molecule has 2 N–H and O–H groups in total. The number of ether oxygens (including phenoxy) is 1. The lowest BCUT2D eigenvalue weighted by Gasteiger charge is -2.40. The lowest BCUT2D eigenvalue weighted by Crippen LogP contribution is -2.55. The quantitative estimate of drug-likeness (QED) is 0.731. The molecular formula is C25H32ClN5O2. The van der Waals surface area contributed by atoms with Crippen LogP contribution in [0.25, 0.3) is 0 Å². The zero-order valence-electron chi connectivity index (χ0n) is 19.8. The molecule has 0 bridgehead atoms. The largest absolute Gasteiger partial charge is 0.381 e. The standard InChI is InChI=1S/C25H32ClN5O2/c1-24(2,3)20-15-28-17(14-29-20)12-16-6-5-7-19(22(16)26)25(4)13-21(32)31(23(27)30-25)18-8-10-33-11-9-18/h5-7,14-15,18H,8-13H2,1-4H3,(H2,27,30)/t25-/m0/s1. The van der Waals surface area contributed by atoms with Crippen molar-refractivity contribution < 1.29 is 9.53 Å². The topological polar surface area (TPSA) is 93.7 Å². The van der Waals surface area contributed by atoms with E-state index in [1.54, 1.807) is 11.1 Å². The van der Waals surface area contributed by atoms with Gasteiger partial charge in [-0.2, -0.15) is 0 Å². The van der Waals surface area contributed by atoms with Crippen molar-refractivity contribution in [1.82, 2.24) is 14.9 Å². The highest BCUT2D eigenvalue weighted by Gasteiger charge is 2.41. The molecule has 0 radical (unpaired) electrons. The maximum absolute atomic E-state index is 13.2. The normalized spacial score (nSPS) is 22.4. The number of carbonyl (C=O) groups excluding carboxylic acids is 1. The minimum atomic E-state index is -0.822. The first-order chi connectivity index (χ1) is 15.6. The van der Waals surface area contributed by atoms with E-state index in [0.29, 0.717) is 24.7 Å². The molecule has 1 aromatic heterocycles. The van der Waals surface area contributed by atoms with Crippen LogP contribution in [-0.2, 0) is 26.9 Å². The SMILES string of the molecule is CC(C)(C)c1cnc(Cc2cccc([C@]3(C)CC(=O)N(C4CCOCC4)C(N)=N3)c2Cl)cn1. The Morgan fingerprint density at radius 2 is 1.94 bits per heavy atom. The van der Waals surface area contributed by atoms with Gasteiger partial charge in [0.15, 0.2) is 5.96 Å². The Labute approximate surface area is 200 Å². The average molecular weight is 470 g/mol. The first kappa shape index (κ1) is 23.6. The van der Waals surface area contributed by atoms with E-state index in [9.17, 15) is 4.79 Å². The van der Waals surface area contributed by atoms with Crippen molar-refractivity contribution >= 4 is 23.5 Å². The summed E-state index contributed by atoms with van der Waals surface area (Å²) in [6.07, 6.45) is 5.92. The summed E-state index contributed by atoms with van der Waals surface area (Å²) in [5, 5.41) is 0.588. The third kappa shape index (κ3) is 4.89. The Morgan fingerprint density at radius 1 is 1.21 bits per heavy atom. The van der Waals surface area contributed by atoms with Crippen LogP contribution in [0.1, 0.15) is 69.5 Å². The zero-order valence-corrected chi connectivity index (χ0v) is 20.5. The van der Waals surface area contributed by atoms with Crippen LogP contribution >= 0.6 is 11.6 Å². The molecule has 7 nitrogen and oxygen atoms in total. The van der Waals surface area contributed by atoms with Crippen molar-refractivity contribution in [3.8, 4) is 0 Å². The number of benzene rings is 1. The van der Waals surface area contributed by atoms with Crippen LogP contribution in [0, 0.1) is 0 Å². The van der Waals surface area contributed by atoms with E-state index in [1.807, 2.05) is 31.3 Å². The van der Waals surface area contributed by atoms with E-state index in [4.69, 9.17) is 27.1 Å². The van der Waals surface area contributed by atoms with Crippen LogP contribution in [0.2, 0.25) is 5.02 Å². The zero-order chi connectivity index (χ0) is 23.8. The van der Waals surface area contributed by atoms with Crippen molar-refractivity contribution in [2.75, 3.05) is 13.2 Å². The van der Waals surface area contributed by atoms with Crippen molar-refractivity contribution in [2.24, 2.45) is 10.7 Å². The molecule has 1 saturated heterocycles. The number of guanidine groups is 1. The van der Waals surface area contributed by atoms with E-state index in [1.165, 1.54) is 0 Å². The van der Waals surface area contributed by atoms with E-state index >= 15 is 0 Å². The van der Waals surface area contributed by atoms with E-state index in [-0.39, 0.29) is 29.7 Å². The molecule has 1 fully saturated rings. The highest BCUT2D eigenvalue weighted by Crippen LogP contribution is 2.39. The van der Waals surface area contributed by atoms with Gasteiger partial charge in [-0.3, -0.25) is 19.7 Å². The Balaban J connectivity index is 1.60. The Bertz CT molecular complexity index is 1060.